The van der Waals surface area contributed by atoms with Crippen LogP contribution in [-0.2, 0) is 16.1 Å². The molecule has 0 radical (unpaired) electrons. The minimum absolute atomic E-state index is 0.0569. The van der Waals surface area contributed by atoms with Crippen molar-refractivity contribution in [3.05, 3.63) is 59.8 Å². The third-order valence-electron chi connectivity index (χ3n) is 5.39. The molecular weight excluding hydrogens is 420 g/mol. The highest BCUT2D eigenvalue weighted by molar-refractivity contribution is 7.99. The molecule has 2 aromatic carbocycles. The van der Waals surface area contributed by atoms with Gasteiger partial charge in [-0.1, -0.05) is 35.5 Å². The maximum atomic E-state index is 12.7. The molecule has 0 spiro atoms. The quantitative estimate of drug-likeness (QED) is 0.659. The Morgan fingerprint density at radius 1 is 1.13 bits per heavy atom. The van der Waals surface area contributed by atoms with Crippen LogP contribution in [0.2, 0.25) is 5.02 Å². The van der Waals surface area contributed by atoms with Crippen LogP contribution in [0.3, 0.4) is 0 Å². The summed E-state index contributed by atoms with van der Waals surface area (Å²) >= 11 is 7.69. The molecule has 152 valence electrons. The maximum Gasteiger partial charge on any atom is 0.229 e. The fourth-order valence-electron chi connectivity index (χ4n) is 3.77. The molecule has 2 amide bonds. The molecule has 3 heterocycles. The van der Waals surface area contributed by atoms with Crippen molar-refractivity contribution < 1.29 is 9.59 Å². The van der Waals surface area contributed by atoms with Crippen LogP contribution in [0, 0.1) is 5.92 Å². The van der Waals surface area contributed by atoms with E-state index in [9.17, 15) is 9.59 Å². The van der Waals surface area contributed by atoms with Crippen molar-refractivity contribution in [3.63, 3.8) is 0 Å². The summed E-state index contributed by atoms with van der Waals surface area (Å²) in [5, 5.41) is 4.60. The molecule has 0 bridgehead atoms. The van der Waals surface area contributed by atoms with E-state index in [2.05, 4.69) is 21.1 Å². The smallest absolute Gasteiger partial charge is 0.229 e. The number of halogens is 1. The van der Waals surface area contributed by atoms with Gasteiger partial charge in [-0.3, -0.25) is 9.59 Å². The Morgan fingerprint density at radius 3 is 2.63 bits per heavy atom. The maximum absolute atomic E-state index is 12.7. The van der Waals surface area contributed by atoms with E-state index in [4.69, 9.17) is 11.6 Å². The second-order valence-corrected chi connectivity index (χ2v) is 8.90. The standard InChI is InChI=1S/C22H19ClN4O2S/c23-16-3-7-18(8-4-16)27-12-15(11-20(27)28)21(29)24-17-5-1-14(2-6-17)19-13-26-9-10-30-22(26)25-19/h1-8,13,15H,9-12H2,(H,24,29). The minimum Gasteiger partial charge on any atom is -0.326 e. The number of hydrogen-bond acceptors (Lipinski definition) is 4. The number of fused-ring (bicyclic) bond motifs is 1. The Balaban J connectivity index is 1.24. The second kappa shape index (κ2) is 7.81. The SMILES string of the molecule is O=C(Nc1ccc(-c2cn3c(n2)SCC3)cc1)C1CC(=O)N(c2ccc(Cl)cc2)C1. The van der Waals surface area contributed by atoms with Crippen LogP contribution < -0.4 is 10.2 Å². The number of carbonyl (C=O) groups excluding carboxylic acids is 2. The van der Waals surface area contributed by atoms with Gasteiger partial charge in [0, 0.05) is 53.4 Å². The molecule has 30 heavy (non-hydrogen) atoms. The highest BCUT2D eigenvalue weighted by Crippen LogP contribution is 2.30. The van der Waals surface area contributed by atoms with Gasteiger partial charge in [0.05, 0.1) is 11.6 Å². The van der Waals surface area contributed by atoms with E-state index in [0.717, 1.165) is 34.4 Å². The summed E-state index contributed by atoms with van der Waals surface area (Å²) in [7, 11) is 0. The van der Waals surface area contributed by atoms with E-state index in [1.54, 1.807) is 40.9 Å². The Morgan fingerprint density at radius 2 is 1.90 bits per heavy atom. The molecule has 1 saturated heterocycles. The van der Waals surface area contributed by atoms with Crippen LogP contribution in [-0.4, -0.2) is 33.7 Å². The number of nitrogens with one attached hydrogen (secondary N) is 1. The summed E-state index contributed by atoms with van der Waals surface area (Å²) in [4.78, 5) is 31.4. The molecule has 0 saturated carbocycles. The van der Waals surface area contributed by atoms with Gasteiger partial charge in [-0.05, 0) is 36.4 Å². The number of imidazole rings is 1. The Bertz CT molecular complexity index is 1090. The zero-order chi connectivity index (χ0) is 20.7. The molecule has 1 unspecified atom stereocenters. The van der Waals surface area contributed by atoms with Gasteiger partial charge < -0.3 is 14.8 Å². The lowest BCUT2D eigenvalue weighted by Crippen LogP contribution is -2.28. The molecule has 6 nitrogen and oxygen atoms in total. The first-order valence-corrected chi connectivity index (χ1v) is 11.1. The number of anilines is 2. The molecule has 5 rings (SSSR count). The molecule has 1 aromatic heterocycles. The van der Waals surface area contributed by atoms with Gasteiger partial charge in [0.2, 0.25) is 11.8 Å². The first-order valence-electron chi connectivity index (χ1n) is 9.74. The number of aryl methyl sites for hydroxylation is 1. The molecule has 2 aliphatic rings. The minimum atomic E-state index is -0.388. The average molecular weight is 439 g/mol. The molecule has 1 N–H and O–H groups in total. The van der Waals surface area contributed by atoms with E-state index in [-0.39, 0.29) is 24.2 Å². The molecule has 0 aliphatic carbocycles. The van der Waals surface area contributed by atoms with Gasteiger partial charge >= 0.3 is 0 Å². The van der Waals surface area contributed by atoms with E-state index >= 15 is 0 Å². The largest absolute Gasteiger partial charge is 0.326 e. The fraction of sp³-hybridized carbons (Fsp3) is 0.227. The van der Waals surface area contributed by atoms with Crippen LogP contribution in [0.25, 0.3) is 11.3 Å². The number of benzene rings is 2. The second-order valence-electron chi connectivity index (χ2n) is 7.40. The monoisotopic (exact) mass is 438 g/mol. The molecule has 8 heteroatoms. The van der Waals surface area contributed by atoms with Crippen LogP contribution in [0.1, 0.15) is 6.42 Å². The predicted molar refractivity (Wildman–Crippen MR) is 119 cm³/mol. The van der Waals surface area contributed by atoms with Crippen molar-refractivity contribution in [2.45, 2.75) is 18.1 Å². The van der Waals surface area contributed by atoms with Gasteiger partial charge in [-0.15, -0.1) is 0 Å². The summed E-state index contributed by atoms with van der Waals surface area (Å²) in [6.07, 6.45) is 2.27. The highest BCUT2D eigenvalue weighted by Gasteiger charge is 2.35. The summed E-state index contributed by atoms with van der Waals surface area (Å²) in [6, 6.07) is 14.7. The average Bonchev–Trinajstić information content (AvgIpc) is 3.44. The number of thioether (sulfide) groups is 1. The van der Waals surface area contributed by atoms with Crippen molar-refractivity contribution in [2.24, 2.45) is 5.92 Å². The lowest BCUT2D eigenvalue weighted by Gasteiger charge is -2.16. The Hall–Kier alpha value is -2.77. The predicted octanol–water partition coefficient (Wildman–Crippen LogP) is 4.30. The number of amides is 2. The van der Waals surface area contributed by atoms with Gasteiger partial charge in [0.1, 0.15) is 0 Å². The first kappa shape index (κ1) is 19.2. The van der Waals surface area contributed by atoms with E-state index in [0.29, 0.717) is 17.3 Å². The van der Waals surface area contributed by atoms with Crippen LogP contribution in [0.5, 0.6) is 0 Å². The van der Waals surface area contributed by atoms with Crippen molar-refractivity contribution in [2.75, 3.05) is 22.5 Å². The molecule has 2 aliphatic heterocycles. The summed E-state index contributed by atoms with van der Waals surface area (Å²) in [5.41, 5.74) is 3.42. The van der Waals surface area contributed by atoms with Crippen LogP contribution >= 0.6 is 23.4 Å². The lowest BCUT2D eigenvalue weighted by molar-refractivity contribution is -0.122. The zero-order valence-electron chi connectivity index (χ0n) is 16.0. The van der Waals surface area contributed by atoms with Crippen molar-refractivity contribution >= 4 is 46.6 Å². The topological polar surface area (TPSA) is 67.2 Å². The van der Waals surface area contributed by atoms with Crippen LogP contribution in [0.15, 0.2) is 59.9 Å². The van der Waals surface area contributed by atoms with Gasteiger partial charge in [-0.2, -0.15) is 0 Å². The number of hydrogen-bond donors (Lipinski definition) is 1. The fourth-order valence-corrected chi connectivity index (χ4v) is 4.84. The lowest BCUT2D eigenvalue weighted by atomic mass is 10.1. The summed E-state index contributed by atoms with van der Waals surface area (Å²) in [6.45, 7) is 1.36. The van der Waals surface area contributed by atoms with Crippen molar-refractivity contribution in [3.8, 4) is 11.3 Å². The Kier molecular flexibility index (Phi) is 5.00. The molecule has 3 aromatic rings. The van der Waals surface area contributed by atoms with E-state index in [1.165, 1.54) is 0 Å². The molecule has 1 atom stereocenters. The third kappa shape index (κ3) is 3.70. The van der Waals surface area contributed by atoms with E-state index < -0.39 is 0 Å². The van der Waals surface area contributed by atoms with Crippen molar-refractivity contribution in [1.82, 2.24) is 9.55 Å². The number of rotatable bonds is 4. The molecule has 1 fully saturated rings. The van der Waals surface area contributed by atoms with Gasteiger partial charge in [0.25, 0.3) is 0 Å². The van der Waals surface area contributed by atoms with Gasteiger partial charge in [-0.25, -0.2) is 4.98 Å². The first-order chi connectivity index (χ1) is 14.6. The molecular formula is C22H19ClN4O2S. The van der Waals surface area contributed by atoms with Crippen LogP contribution in [0.4, 0.5) is 11.4 Å². The van der Waals surface area contributed by atoms with E-state index in [1.807, 2.05) is 24.3 Å². The zero-order valence-corrected chi connectivity index (χ0v) is 17.6. The third-order valence-corrected chi connectivity index (χ3v) is 6.61. The number of nitrogens with zero attached hydrogens (tertiary/aromatic N) is 3. The Labute approximate surface area is 183 Å². The summed E-state index contributed by atoms with van der Waals surface area (Å²) in [5.74, 6) is 0.483. The van der Waals surface area contributed by atoms with Crippen molar-refractivity contribution in [1.29, 1.82) is 0 Å². The van der Waals surface area contributed by atoms with Gasteiger partial charge in [0.15, 0.2) is 5.16 Å². The summed E-state index contributed by atoms with van der Waals surface area (Å²) < 4.78 is 2.17. The normalized spacial score (nSPS) is 18.0. The number of carbonyl (C=O) groups is 2. The highest BCUT2D eigenvalue weighted by atomic mass is 35.5. The number of aromatic nitrogens is 2.